The Morgan fingerprint density at radius 1 is 0.529 bits per heavy atom. The number of rotatable bonds is 12. The molecule has 51 heavy (non-hydrogen) atoms. The molecule has 0 amide bonds. The lowest BCUT2D eigenvalue weighted by Gasteiger charge is -2.24. The third-order valence-corrected chi connectivity index (χ3v) is 13.9. The predicted octanol–water partition coefficient (Wildman–Crippen LogP) is 12.7. The molecule has 0 radical (unpaired) electrons. The molecule has 0 N–H and O–H groups in total. The average molecular weight is 718 g/mol. The van der Waals surface area contributed by atoms with E-state index in [9.17, 15) is 9.13 Å². The van der Waals surface area contributed by atoms with Crippen molar-refractivity contribution in [2.45, 2.75) is 71.6 Å². The highest BCUT2D eigenvalue weighted by molar-refractivity contribution is 7.53. The molecule has 1 unspecified atom stereocenters. The molecule has 262 valence electrons. The van der Waals surface area contributed by atoms with Gasteiger partial charge in [0.1, 0.15) is 0 Å². The van der Waals surface area contributed by atoms with Gasteiger partial charge in [0, 0.05) is 16.4 Å². The summed E-state index contributed by atoms with van der Waals surface area (Å²) in [5, 5.41) is 0. The number of hydrogen-bond donors (Lipinski definition) is 0. The zero-order valence-corrected chi connectivity index (χ0v) is 32.5. The fraction of sp³-hybridized carbons (Fsp3) is 0.318. The van der Waals surface area contributed by atoms with Gasteiger partial charge in [-0.3, -0.25) is 4.57 Å². The van der Waals surface area contributed by atoms with E-state index in [0.717, 1.165) is 22.3 Å². The van der Waals surface area contributed by atoms with Gasteiger partial charge >= 0.3 is 15.6 Å². The molecule has 7 rings (SSSR count). The van der Waals surface area contributed by atoms with Crippen LogP contribution in [0.3, 0.4) is 0 Å². The Hall–Kier alpha value is -3.69. The first-order valence-electron chi connectivity index (χ1n) is 18.0. The molecule has 5 aromatic rings. The van der Waals surface area contributed by atoms with Crippen molar-refractivity contribution >= 4 is 15.6 Å². The van der Waals surface area contributed by atoms with E-state index in [1.54, 1.807) is 0 Å². The summed E-state index contributed by atoms with van der Waals surface area (Å²) in [6, 6.07) is 35.3. The molecule has 0 aromatic heterocycles. The van der Waals surface area contributed by atoms with E-state index in [0.29, 0.717) is 26.0 Å². The largest absolute Gasteiger partial charge is 0.512 e. The van der Waals surface area contributed by atoms with E-state index in [-0.39, 0.29) is 17.0 Å². The molecular weight excluding hydrogens is 670 g/mol. The van der Waals surface area contributed by atoms with Crippen molar-refractivity contribution in [3.05, 3.63) is 130 Å². The minimum atomic E-state index is -3.16. The molecule has 1 atom stereocenters. The maximum atomic E-state index is 13.1. The van der Waals surface area contributed by atoms with Gasteiger partial charge in [-0.1, -0.05) is 100 Å². The third kappa shape index (κ3) is 6.50. The molecular formula is C44H47O5P2+. The van der Waals surface area contributed by atoms with Crippen LogP contribution in [0.2, 0.25) is 0 Å². The van der Waals surface area contributed by atoms with Crippen molar-refractivity contribution in [3.63, 3.8) is 0 Å². The zero-order valence-electron chi connectivity index (χ0n) is 30.7. The molecule has 2 aliphatic carbocycles. The Bertz CT molecular complexity index is 2170. The third-order valence-electron chi connectivity index (χ3n) is 10.7. The second-order valence-electron chi connectivity index (χ2n) is 14.6. The molecule has 0 spiro atoms. The van der Waals surface area contributed by atoms with Crippen LogP contribution < -0.4 is 0 Å². The van der Waals surface area contributed by atoms with Crippen molar-refractivity contribution in [2.75, 3.05) is 19.8 Å². The van der Waals surface area contributed by atoms with Gasteiger partial charge < -0.3 is 9.05 Å². The van der Waals surface area contributed by atoms with Crippen LogP contribution in [0.15, 0.2) is 97.1 Å². The van der Waals surface area contributed by atoms with E-state index in [4.69, 9.17) is 13.6 Å². The first-order valence-corrected chi connectivity index (χ1v) is 21.1. The lowest BCUT2D eigenvalue weighted by atomic mass is 9.79. The van der Waals surface area contributed by atoms with E-state index in [2.05, 4.69) is 113 Å². The molecule has 0 saturated heterocycles. The van der Waals surface area contributed by atoms with Crippen molar-refractivity contribution in [2.24, 2.45) is 0 Å². The van der Waals surface area contributed by atoms with Crippen LogP contribution in [0.5, 0.6) is 0 Å². The monoisotopic (exact) mass is 717 g/mol. The maximum Gasteiger partial charge on any atom is 0.512 e. The number of fused-ring (bicyclic) bond motifs is 6. The second-order valence-corrected chi connectivity index (χ2v) is 17.9. The topological polar surface area (TPSA) is 61.8 Å². The molecule has 5 aromatic carbocycles. The SMILES string of the molecule is CCO[P+](=O)Cc1ccc(-c2ccc3c(c2)C(C)(C)c2cc4c(cc2-3)C(C)(C)c2cc(-c3ccc(CP(=O)(OCC)OCC)cc3)ccc2-4)cc1. The van der Waals surface area contributed by atoms with Crippen molar-refractivity contribution in [3.8, 4) is 44.5 Å². The fourth-order valence-corrected chi connectivity index (χ4v) is 10.6. The second kappa shape index (κ2) is 13.7. The smallest absolute Gasteiger partial charge is 0.309 e. The minimum Gasteiger partial charge on any atom is -0.309 e. The summed E-state index contributed by atoms with van der Waals surface area (Å²) in [6.45, 7) is 16.1. The highest BCUT2D eigenvalue weighted by Gasteiger charge is 2.42. The highest BCUT2D eigenvalue weighted by atomic mass is 31.2. The van der Waals surface area contributed by atoms with Crippen LogP contribution in [-0.4, -0.2) is 19.8 Å². The van der Waals surface area contributed by atoms with Gasteiger partial charge in [-0.2, -0.15) is 0 Å². The summed E-state index contributed by atoms with van der Waals surface area (Å²) in [6.07, 6.45) is 0.699. The molecule has 0 fully saturated rings. The maximum absolute atomic E-state index is 13.1. The Morgan fingerprint density at radius 2 is 0.941 bits per heavy atom. The van der Waals surface area contributed by atoms with Crippen LogP contribution in [0.4, 0.5) is 0 Å². The summed E-state index contributed by atoms with van der Waals surface area (Å²) >= 11 is 0. The van der Waals surface area contributed by atoms with Gasteiger partial charge in [-0.05, 0) is 122 Å². The molecule has 0 bridgehead atoms. The average Bonchev–Trinajstić information content (AvgIpc) is 3.46. The van der Waals surface area contributed by atoms with Gasteiger partial charge in [-0.25, -0.2) is 0 Å². The lowest BCUT2D eigenvalue weighted by Crippen LogP contribution is -2.17. The normalized spacial score (nSPS) is 15.2. The van der Waals surface area contributed by atoms with Crippen LogP contribution in [-0.2, 0) is 45.9 Å². The molecule has 0 aliphatic heterocycles. The van der Waals surface area contributed by atoms with Crippen LogP contribution in [0, 0.1) is 0 Å². The summed E-state index contributed by atoms with van der Waals surface area (Å²) in [5.74, 6) is 0. The summed E-state index contributed by atoms with van der Waals surface area (Å²) in [5.41, 5.74) is 16.9. The van der Waals surface area contributed by atoms with Crippen LogP contribution in [0.25, 0.3) is 44.5 Å². The summed E-state index contributed by atoms with van der Waals surface area (Å²) in [7, 11) is -4.84. The zero-order chi connectivity index (χ0) is 36.1. The highest BCUT2D eigenvalue weighted by Crippen LogP contribution is 2.57. The molecule has 0 heterocycles. The van der Waals surface area contributed by atoms with Gasteiger partial charge in [-0.15, -0.1) is 4.52 Å². The molecule has 7 heteroatoms. The van der Waals surface area contributed by atoms with Crippen molar-refractivity contribution < 1.29 is 22.7 Å². The summed E-state index contributed by atoms with van der Waals surface area (Å²) in [4.78, 5) is 0. The molecule has 5 nitrogen and oxygen atoms in total. The predicted molar refractivity (Wildman–Crippen MR) is 210 cm³/mol. The Balaban J connectivity index is 1.18. The van der Waals surface area contributed by atoms with Crippen LogP contribution >= 0.6 is 15.6 Å². The van der Waals surface area contributed by atoms with Crippen molar-refractivity contribution in [1.29, 1.82) is 0 Å². The van der Waals surface area contributed by atoms with Gasteiger partial charge in [0.2, 0.25) is 6.16 Å². The minimum absolute atomic E-state index is 0.158. The molecule has 0 saturated carbocycles. The Kier molecular flexibility index (Phi) is 9.59. The van der Waals surface area contributed by atoms with E-state index < -0.39 is 15.6 Å². The number of benzene rings is 5. The number of hydrogen-bond acceptors (Lipinski definition) is 5. The van der Waals surface area contributed by atoms with Crippen LogP contribution in [0.1, 0.15) is 81.8 Å². The van der Waals surface area contributed by atoms with Gasteiger partial charge in [0.25, 0.3) is 0 Å². The fourth-order valence-electron chi connectivity index (χ4n) is 8.01. The molecule has 2 aliphatic rings. The van der Waals surface area contributed by atoms with E-state index >= 15 is 0 Å². The quantitative estimate of drug-likeness (QED) is 0.120. The van der Waals surface area contributed by atoms with E-state index in [1.165, 1.54) is 55.6 Å². The van der Waals surface area contributed by atoms with Gasteiger partial charge in [0.05, 0.1) is 26.0 Å². The first kappa shape index (κ1) is 35.7. The van der Waals surface area contributed by atoms with E-state index in [1.807, 2.05) is 32.9 Å². The van der Waals surface area contributed by atoms with Crippen molar-refractivity contribution in [1.82, 2.24) is 0 Å². The lowest BCUT2D eigenvalue weighted by molar-refractivity contribution is 0.219. The Morgan fingerprint density at radius 3 is 1.37 bits per heavy atom. The first-order chi connectivity index (χ1) is 24.4. The van der Waals surface area contributed by atoms with Gasteiger partial charge in [0.15, 0.2) is 0 Å². The Labute approximate surface area is 303 Å². The standard InChI is InChI=1S/C44H47O5P2/c1-8-47-50(45)27-29-11-15-31(16-12-29)33-19-21-35-37-25-42-38(26-41(37)43(4,5)39(35)23-33)36-22-20-34(24-40(36)44(42,6)7)32-17-13-30(14-18-32)28-51(46,48-9-2)49-10-3/h11-26H,8-10,27-28H2,1-7H3/q+1. The summed E-state index contributed by atoms with van der Waals surface area (Å²) < 4.78 is 41.5.